The topological polar surface area (TPSA) is 398 Å². The van der Waals surface area contributed by atoms with Gasteiger partial charge in [0.2, 0.25) is 23.6 Å². The van der Waals surface area contributed by atoms with E-state index in [9.17, 15) is 57.5 Å². The summed E-state index contributed by atoms with van der Waals surface area (Å²) in [5, 5.41) is 47.5. The molecule has 0 heterocycles. The van der Waals surface area contributed by atoms with E-state index in [0.29, 0.717) is 129 Å². The number of aliphatic hydroxyl groups excluding tert-OH is 4. The number of Topliss-reactive ketones (excluding diaryl/α,β-unsaturated/α-hetero) is 8. The summed E-state index contributed by atoms with van der Waals surface area (Å²) in [4.78, 5) is 151. The van der Waals surface area contributed by atoms with Crippen LogP contribution in [0, 0.1) is 5.92 Å². The largest absolute Gasteiger partial charge is 0.497 e. The molecule has 4 atom stereocenters. The lowest BCUT2D eigenvalue weighted by Gasteiger charge is -2.23. The lowest BCUT2D eigenvalue weighted by Crippen LogP contribution is -2.46. The zero-order valence-corrected chi connectivity index (χ0v) is 81.7. The predicted octanol–water partition coefficient (Wildman–Crippen LogP) is 14.3. The van der Waals surface area contributed by atoms with Crippen LogP contribution in [0.1, 0.15) is 120 Å². The third-order valence-corrected chi connectivity index (χ3v) is 23.7. The zero-order chi connectivity index (χ0) is 104. The molecular formula is C118H118N4O23. The van der Waals surface area contributed by atoms with Crippen LogP contribution in [0.25, 0.3) is 24.3 Å². The van der Waals surface area contributed by atoms with E-state index in [0.717, 1.165) is 33.4 Å². The van der Waals surface area contributed by atoms with Crippen molar-refractivity contribution in [2.45, 2.75) is 88.4 Å². The summed E-state index contributed by atoms with van der Waals surface area (Å²) >= 11 is 0. The third kappa shape index (κ3) is 35.2. The number of carbonyl (C=O) groups excluding carboxylic acids is 12. The van der Waals surface area contributed by atoms with Gasteiger partial charge in [-0.25, -0.2) is 0 Å². The highest BCUT2D eigenvalue weighted by Crippen LogP contribution is 2.33. The second-order valence-electron chi connectivity index (χ2n) is 33.6. The molecular weight excluding hydrogens is 1840 g/mol. The molecule has 13 rings (SSSR count). The lowest BCUT2D eigenvalue weighted by atomic mass is 9.90. The summed E-state index contributed by atoms with van der Waals surface area (Å²) in [5.74, 6) is 0.625. The fourth-order valence-electron chi connectivity index (χ4n) is 15.8. The van der Waals surface area contributed by atoms with Crippen molar-refractivity contribution in [3.8, 4) is 40.2 Å². The fourth-order valence-corrected chi connectivity index (χ4v) is 15.8. The van der Waals surface area contributed by atoms with Crippen molar-refractivity contribution < 1.29 is 111 Å². The minimum atomic E-state index is -0.754. The molecule has 0 saturated heterocycles. The van der Waals surface area contributed by atoms with Gasteiger partial charge in [0.25, 0.3) is 0 Å². The van der Waals surface area contributed by atoms with Gasteiger partial charge in [-0.05, 0) is 191 Å². The van der Waals surface area contributed by atoms with Crippen molar-refractivity contribution in [2.24, 2.45) is 5.92 Å². The summed E-state index contributed by atoms with van der Waals surface area (Å²) in [6.45, 7) is -2.27. The van der Waals surface area contributed by atoms with Gasteiger partial charge in [0, 0.05) is 88.9 Å². The molecule has 145 heavy (non-hydrogen) atoms. The number of hydrogen-bond acceptors (Lipinski definition) is 23. The molecule has 0 radical (unpaired) electrons. The number of ether oxygens (including phenoxy) is 7. The summed E-state index contributed by atoms with van der Waals surface area (Å²) in [5.41, 5.74) is 12.5. The maximum atomic E-state index is 13.5. The molecule has 1 aliphatic carbocycles. The highest BCUT2D eigenvalue weighted by atomic mass is 16.5. The number of aryl methyl sites for hydroxylation is 1. The number of ketones is 8. The first kappa shape index (κ1) is 110. The molecule has 12 aromatic carbocycles. The monoisotopic (exact) mass is 1960 g/mol. The van der Waals surface area contributed by atoms with Gasteiger partial charge < -0.3 is 74.9 Å². The van der Waals surface area contributed by atoms with Gasteiger partial charge in [-0.15, -0.1) is 0 Å². The Morgan fingerprint density at radius 3 is 0.910 bits per heavy atom. The molecule has 1 aliphatic rings. The van der Waals surface area contributed by atoms with Crippen LogP contribution in [-0.4, -0.2) is 191 Å². The highest BCUT2D eigenvalue weighted by Gasteiger charge is 2.35. The Morgan fingerprint density at radius 2 is 0.572 bits per heavy atom. The molecule has 0 aliphatic heterocycles. The number of carbonyl (C=O) groups is 12. The highest BCUT2D eigenvalue weighted by molar-refractivity contribution is 6.02. The normalized spacial score (nSPS) is 12.2. The maximum absolute atomic E-state index is 13.5. The molecule has 0 saturated carbocycles. The number of amides is 4. The number of rotatable bonds is 47. The quantitative estimate of drug-likeness (QED) is 0.0130. The smallest absolute Gasteiger partial charge is 0.244 e. The summed E-state index contributed by atoms with van der Waals surface area (Å²) < 4.78 is 37.0. The summed E-state index contributed by atoms with van der Waals surface area (Å²) in [6.07, 6.45) is 15.6. The van der Waals surface area contributed by atoms with E-state index in [4.69, 9.17) is 53.6 Å². The number of aliphatic hydroxyl groups is 4. The first-order valence-electron chi connectivity index (χ1n) is 46.7. The van der Waals surface area contributed by atoms with Crippen LogP contribution in [0.2, 0.25) is 0 Å². The minimum absolute atomic E-state index is 0.0705. The van der Waals surface area contributed by atoms with Crippen molar-refractivity contribution in [3.63, 3.8) is 0 Å². The summed E-state index contributed by atoms with van der Waals surface area (Å²) in [6, 6.07) is 83.2. The van der Waals surface area contributed by atoms with Gasteiger partial charge in [0.05, 0.1) is 73.9 Å². The number of nitrogens with one attached hydrogen (secondary N) is 4. The molecule has 4 amide bonds. The van der Waals surface area contributed by atoms with Gasteiger partial charge in [-0.3, -0.25) is 57.5 Å². The van der Waals surface area contributed by atoms with E-state index in [1.54, 1.807) is 226 Å². The van der Waals surface area contributed by atoms with Crippen molar-refractivity contribution in [1.82, 2.24) is 21.3 Å². The van der Waals surface area contributed by atoms with Crippen molar-refractivity contribution in [2.75, 3.05) is 76.2 Å². The van der Waals surface area contributed by atoms with E-state index < -0.39 is 62.4 Å². The minimum Gasteiger partial charge on any atom is -0.497 e. The van der Waals surface area contributed by atoms with Gasteiger partial charge in [0.15, 0.2) is 46.3 Å². The standard InChI is InChI=1S/C31H31NO6.C30H31NO6.C29H29NO6.C28H27NO5/c1-37-26-12-13-29(38-2)24(18-26)11-14-30(36)32-31(25-16-22-5-3-4-6-23(22)17-25)27(34)15-20-7-9-21(10-8-20)28(35)19-33;1-36-25-14-16-29(37-2)24(19-25)13-17-30(35)31-26(15-10-21-6-4-3-5-7-21)27(33)18-22-8-11-23(12-9-22)28(34)20-32;1-35-24-13-14-28(36-2)23(18-24)12-15-29(34)30-25(16-20-6-4-3-5-7-20)26(32)17-21-8-10-22(11-9-21)27(33)19-31;1-34-24-14-9-21(10-15-24)17-25(29-28(33)16-11-20-5-3-2-4-6-20)26(31)18-22-7-12-23(13-8-22)27(32)19-30/h3-14,18,25,31,33H,15-17,19H2,1-2H3,(H,32,36);3-9,11-14,16-17,19,26,32H,10,15,18,20H2,1-2H3,(H,31,35);3-15,18,25,31H,16-17,19H2,1-2H3,(H,30,34);2-16,25,30H,17-19H2,1H3,(H,29,33)/b14-11+;17-13+;15-12+;16-11+/t31-;26-;2*25-/m1000/s1. The number of benzene rings is 12. The lowest BCUT2D eigenvalue weighted by molar-refractivity contribution is -0.126. The molecule has 0 bridgehead atoms. The van der Waals surface area contributed by atoms with Crippen LogP contribution in [0.15, 0.2) is 315 Å². The Hall–Kier alpha value is -16.7. The molecule has 27 nitrogen and oxygen atoms in total. The second kappa shape index (κ2) is 57.9. The predicted molar refractivity (Wildman–Crippen MR) is 554 cm³/mol. The van der Waals surface area contributed by atoms with Crippen LogP contribution in [0.3, 0.4) is 0 Å². The first-order valence-corrected chi connectivity index (χ1v) is 46.7. The van der Waals surface area contributed by atoms with E-state index in [1.807, 2.05) is 127 Å². The van der Waals surface area contributed by atoms with Crippen molar-refractivity contribution >= 4 is 94.2 Å². The Kier molecular flexibility index (Phi) is 44.0. The van der Waals surface area contributed by atoms with Crippen LogP contribution >= 0.6 is 0 Å². The van der Waals surface area contributed by atoms with E-state index in [2.05, 4.69) is 33.4 Å². The molecule has 0 spiro atoms. The van der Waals surface area contributed by atoms with Gasteiger partial charge in [-0.2, -0.15) is 0 Å². The zero-order valence-electron chi connectivity index (χ0n) is 81.7. The Balaban J connectivity index is 0.000000198. The van der Waals surface area contributed by atoms with Crippen LogP contribution < -0.4 is 54.4 Å². The average Bonchev–Trinajstić information content (AvgIpc) is 1.67. The molecule has 0 unspecified atom stereocenters. The van der Waals surface area contributed by atoms with E-state index in [1.165, 1.54) is 35.4 Å². The summed E-state index contributed by atoms with van der Waals surface area (Å²) in [7, 11) is 10.9. The van der Waals surface area contributed by atoms with E-state index >= 15 is 0 Å². The Morgan fingerprint density at radius 1 is 0.290 bits per heavy atom. The average molecular weight is 1960 g/mol. The maximum Gasteiger partial charge on any atom is 0.244 e. The van der Waals surface area contributed by atoms with Gasteiger partial charge in [0.1, 0.15) is 66.7 Å². The first-order chi connectivity index (χ1) is 70.2. The van der Waals surface area contributed by atoms with Gasteiger partial charge >= 0.3 is 0 Å². The van der Waals surface area contributed by atoms with Gasteiger partial charge in [-0.1, -0.05) is 224 Å². The SMILES string of the molecule is COc1ccc(C[C@H](NC(=O)/C=C/c2ccccc2)C(=O)Cc2ccc(C(=O)CO)cc2)cc1.COc1ccc(OC)c(/C=C/C(=O)N[C@@H](C(=O)Cc2ccc(C(=O)CO)cc2)C2Cc3ccccc3C2)c1.COc1ccc(OC)c(/C=C/C(=O)N[C@@H](CCc2ccccc2)C(=O)Cc2ccc(C(=O)CO)cc2)c1.COc1ccc(OC)c(/C=C/C(=O)N[C@@H](Cc2ccccc2)C(=O)Cc2ccc(C(=O)CO)cc2)c1. The molecule has 748 valence electrons. The molecule has 0 fully saturated rings. The Labute approximate surface area is 842 Å². The van der Waals surface area contributed by atoms with Crippen LogP contribution in [0.5, 0.6) is 40.2 Å². The van der Waals surface area contributed by atoms with Crippen LogP contribution in [0.4, 0.5) is 0 Å². The van der Waals surface area contributed by atoms with Crippen LogP contribution in [-0.2, 0) is 96.1 Å². The third-order valence-electron chi connectivity index (χ3n) is 23.7. The number of fused-ring (bicyclic) bond motifs is 1. The molecule has 27 heteroatoms. The fraction of sp³-hybridized carbons (Fsp3) is 0.220. The molecule has 0 aromatic heterocycles. The van der Waals surface area contributed by atoms with E-state index in [-0.39, 0.29) is 89.7 Å². The second-order valence-corrected chi connectivity index (χ2v) is 33.6. The number of methoxy groups -OCH3 is 7. The molecule has 12 aromatic rings. The van der Waals surface area contributed by atoms with Crippen molar-refractivity contribution in [1.29, 1.82) is 0 Å². The number of hydrogen-bond donors (Lipinski definition) is 8. The van der Waals surface area contributed by atoms with Crippen molar-refractivity contribution in [3.05, 3.63) is 410 Å². The Bertz CT molecular complexity index is 6480. The molecule has 8 N–H and O–H groups in total.